The molecule has 1 aliphatic rings. The quantitative estimate of drug-likeness (QED) is 0.857. The van der Waals surface area contributed by atoms with E-state index < -0.39 is 0 Å². The molecule has 0 spiro atoms. The van der Waals surface area contributed by atoms with Crippen LogP contribution in [0, 0.1) is 0 Å². The maximum absolute atomic E-state index is 12.3. The molecule has 2 aromatic rings. The molecule has 3 rings (SSSR count). The standard InChI is InChI=1S/C15H19N3O/c1-11-10-18(7-6-16-11)15(19)8-12-9-17-14-5-3-2-4-13(12)14/h2-5,9,11,16-17H,6-8,10H2,1H3. The highest BCUT2D eigenvalue weighted by molar-refractivity contribution is 5.88. The highest BCUT2D eigenvalue weighted by Gasteiger charge is 2.21. The zero-order valence-corrected chi connectivity index (χ0v) is 11.1. The molecule has 0 bridgehead atoms. The van der Waals surface area contributed by atoms with E-state index in [1.165, 1.54) is 0 Å². The molecule has 1 aromatic heterocycles. The number of H-pyrrole nitrogens is 1. The molecule has 100 valence electrons. The molecule has 1 amide bonds. The van der Waals surface area contributed by atoms with Gasteiger partial charge in [0.1, 0.15) is 0 Å². The van der Waals surface area contributed by atoms with Crippen molar-refractivity contribution >= 4 is 16.8 Å². The third kappa shape index (κ3) is 2.49. The Kier molecular flexibility index (Phi) is 3.25. The van der Waals surface area contributed by atoms with Gasteiger partial charge in [0, 0.05) is 42.8 Å². The van der Waals surface area contributed by atoms with Gasteiger partial charge in [0.25, 0.3) is 0 Å². The number of carbonyl (C=O) groups is 1. The average Bonchev–Trinajstić information content (AvgIpc) is 2.82. The molecule has 1 saturated heterocycles. The second-order valence-electron chi connectivity index (χ2n) is 5.23. The lowest BCUT2D eigenvalue weighted by atomic mass is 10.1. The number of nitrogens with zero attached hydrogens (tertiary/aromatic N) is 1. The Labute approximate surface area is 112 Å². The number of aromatic amines is 1. The zero-order valence-electron chi connectivity index (χ0n) is 11.1. The van der Waals surface area contributed by atoms with E-state index in [0.29, 0.717) is 12.5 Å². The number of benzene rings is 1. The SMILES string of the molecule is CC1CN(C(=O)Cc2c[nH]c3ccccc23)CCN1. The zero-order chi connectivity index (χ0) is 13.2. The number of nitrogens with one attached hydrogen (secondary N) is 2. The van der Waals surface area contributed by atoms with Gasteiger partial charge in [-0.25, -0.2) is 0 Å². The van der Waals surface area contributed by atoms with Crippen molar-refractivity contribution < 1.29 is 4.79 Å². The van der Waals surface area contributed by atoms with Crippen LogP contribution >= 0.6 is 0 Å². The van der Waals surface area contributed by atoms with Gasteiger partial charge in [0.2, 0.25) is 5.91 Å². The molecule has 1 fully saturated rings. The lowest BCUT2D eigenvalue weighted by Crippen LogP contribution is -2.51. The van der Waals surface area contributed by atoms with Crippen LogP contribution in [-0.2, 0) is 11.2 Å². The number of aromatic nitrogens is 1. The van der Waals surface area contributed by atoms with Crippen molar-refractivity contribution in [2.75, 3.05) is 19.6 Å². The van der Waals surface area contributed by atoms with Gasteiger partial charge in [0.15, 0.2) is 0 Å². The average molecular weight is 257 g/mol. The van der Waals surface area contributed by atoms with Crippen LogP contribution in [0.2, 0.25) is 0 Å². The van der Waals surface area contributed by atoms with E-state index in [1.807, 2.05) is 29.3 Å². The molecular formula is C15H19N3O. The summed E-state index contributed by atoms with van der Waals surface area (Å²) >= 11 is 0. The Morgan fingerprint density at radius 2 is 2.26 bits per heavy atom. The molecule has 1 unspecified atom stereocenters. The lowest BCUT2D eigenvalue weighted by Gasteiger charge is -2.32. The minimum atomic E-state index is 0.220. The topological polar surface area (TPSA) is 48.1 Å². The van der Waals surface area contributed by atoms with Crippen LogP contribution in [-0.4, -0.2) is 41.5 Å². The summed E-state index contributed by atoms with van der Waals surface area (Å²) in [6.45, 7) is 4.62. The molecule has 4 nitrogen and oxygen atoms in total. The summed E-state index contributed by atoms with van der Waals surface area (Å²) in [4.78, 5) is 17.5. The van der Waals surface area contributed by atoms with Gasteiger partial charge in [-0.15, -0.1) is 0 Å². The molecule has 0 saturated carbocycles. The summed E-state index contributed by atoms with van der Waals surface area (Å²) < 4.78 is 0. The van der Waals surface area contributed by atoms with Crippen LogP contribution in [0.5, 0.6) is 0 Å². The molecular weight excluding hydrogens is 238 g/mol. The highest BCUT2D eigenvalue weighted by atomic mass is 16.2. The van der Waals surface area contributed by atoms with Crippen LogP contribution in [0.1, 0.15) is 12.5 Å². The van der Waals surface area contributed by atoms with Crippen molar-refractivity contribution in [2.45, 2.75) is 19.4 Å². The molecule has 4 heteroatoms. The molecule has 0 radical (unpaired) electrons. The Balaban J connectivity index is 1.75. The fourth-order valence-electron chi connectivity index (χ4n) is 2.71. The van der Waals surface area contributed by atoms with Gasteiger partial charge >= 0.3 is 0 Å². The predicted octanol–water partition coefficient (Wildman–Crippen LogP) is 1.53. The smallest absolute Gasteiger partial charge is 0.227 e. The first-order chi connectivity index (χ1) is 9.24. The van der Waals surface area contributed by atoms with Gasteiger partial charge in [-0.2, -0.15) is 0 Å². The first kappa shape index (κ1) is 12.2. The van der Waals surface area contributed by atoms with Crippen LogP contribution in [0.3, 0.4) is 0 Å². The summed E-state index contributed by atoms with van der Waals surface area (Å²) in [6.07, 6.45) is 2.44. The van der Waals surface area contributed by atoms with E-state index in [0.717, 1.165) is 36.1 Å². The van der Waals surface area contributed by atoms with E-state index >= 15 is 0 Å². The summed E-state index contributed by atoms with van der Waals surface area (Å²) in [7, 11) is 0. The number of amides is 1. The summed E-state index contributed by atoms with van der Waals surface area (Å²) in [5, 5.41) is 4.51. The second-order valence-corrected chi connectivity index (χ2v) is 5.23. The van der Waals surface area contributed by atoms with Crippen LogP contribution in [0.15, 0.2) is 30.5 Å². The van der Waals surface area contributed by atoms with Crippen LogP contribution < -0.4 is 5.32 Å². The van der Waals surface area contributed by atoms with Crippen molar-refractivity contribution in [1.82, 2.24) is 15.2 Å². The number of hydrogen-bond acceptors (Lipinski definition) is 2. The fraction of sp³-hybridized carbons (Fsp3) is 0.400. The molecule has 19 heavy (non-hydrogen) atoms. The van der Waals surface area contributed by atoms with Gasteiger partial charge in [-0.05, 0) is 18.6 Å². The number of fused-ring (bicyclic) bond motifs is 1. The lowest BCUT2D eigenvalue weighted by molar-refractivity contribution is -0.131. The van der Waals surface area contributed by atoms with Crippen molar-refractivity contribution in [2.24, 2.45) is 0 Å². The van der Waals surface area contributed by atoms with Gasteiger partial charge in [-0.3, -0.25) is 4.79 Å². The van der Waals surface area contributed by atoms with Gasteiger partial charge < -0.3 is 15.2 Å². The van der Waals surface area contributed by atoms with E-state index in [-0.39, 0.29) is 5.91 Å². The van der Waals surface area contributed by atoms with Crippen LogP contribution in [0.4, 0.5) is 0 Å². The van der Waals surface area contributed by atoms with Crippen molar-refractivity contribution in [3.63, 3.8) is 0 Å². The first-order valence-electron chi connectivity index (χ1n) is 6.80. The van der Waals surface area contributed by atoms with Crippen molar-refractivity contribution in [3.05, 3.63) is 36.0 Å². The molecule has 2 N–H and O–H groups in total. The maximum atomic E-state index is 12.3. The monoisotopic (exact) mass is 257 g/mol. The Morgan fingerprint density at radius 3 is 3.11 bits per heavy atom. The minimum Gasteiger partial charge on any atom is -0.361 e. The number of hydrogen-bond donors (Lipinski definition) is 2. The Morgan fingerprint density at radius 1 is 1.42 bits per heavy atom. The molecule has 0 aliphatic carbocycles. The third-order valence-corrected chi connectivity index (χ3v) is 3.74. The fourth-order valence-corrected chi connectivity index (χ4v) is 2.71. The number of rotatable bonds is 2. The van der Waals surface area contributed by atoms with Crippen molar-refractivity contribution in [3.8, 4) is 0 Å². The number of piperazine rings is 1. The first-order valence-corrected chi connectivity index (χ1v) is 6.80. The van der Waals surface area contributed by atoms with Crippen molar-refractivity contribution in [1.29, 1.82) is 0 Å². The molecule has 2 heterocycles. The van der Waals surface area contributed by atoms with E-state index in [2.05, 4.69) is 23.3 Å². The largest absolute Gasteiger partial charge is 0.361 e. The summed E-state index contributed by atoms with van der Waals surface area (Å²) in [5.41, 5.74) is 2.19. The second kappa shape index (κ2) is 5.05. The van der Waals surface area contributed by atoms with Gasteiger partial charge in [-0.1, -0.05) is 18.2 Å². The molecule has 1 aliphatic heterocycles. The van der Waals surface area contributed by atoms with E-state index in [4.69, 9.17) is 0 Å². The Hall–Kier alpha value is -1.81. The highest BCUT2D eigenvalue weighted by Crippen LogP contribution is 2.18. The number of carbonyl (C=O) groups excluding carboxylic acids is 1. The normalized spacial score (nSPS) is 19.8. The van der Waals surface area contributed by atoms with Crippen LogP contribution in [0.25, 0.3) is 10.9 Å². The number of para-hydroxylation sites is 1. The van der Waals surface area contributed by atoms with Gasteiger partial charge in [0.05, 0.1) is 6.42 Å². The molecule has 1 aromatic carbocycles. The maximum Gasteiger partial charge on any atom is 0.227 e. The Bertz CT molecular complexity index is 590. The summed E-state index contributed by atoms with van der Waals surface area (Å²) in [5.74, 6) is 0.220. The molecule has 1 atom stereocenters. The van der Waals surface area contributed by atoms with E-state index in [9.17, 15) is 4.79 Å². The predicted molar refractivity (Wildman–Crippen MR) is 76.0 cm³/mol. The van der Waals surface area contributed by atoms with E-state index in [1.54, 1.807) is 0 Å². The summed E-state index contributed by atoms with van der Waals surface area (Å²) in [6, 6.07) is 8.51. The third-order valence-electron chi connectivity index (χ3n) is 3.74. The minimum absolute atomic E-state index is 0.220.